The van der Waals surface area contributed by atoms with Crippen molar-refractivity contribution in [1.29, 1.82) is 0 Å². The molecule has 0 unspecified atom stereocenters. The molecule has 1 N–H and O–H groups in total. The second kappa shape index (κ2) is 10.3. The molecule has 0 radical (unpaired) electrons. The maximum absolute atomic E-state index is 12.8. The van der Waals surface area contributed by atoms with Gasteiger partial charge in [0.25, 0.3) is 11.6 Å². The molecule has 3 rings (SSSR count). The molecule has 0 aliphatic carbocycles. The lowest BCUT2D eigenvalue weighted by Crippen LogP contribution is -2.36. The van der Waals surface area contributed by atoms with E-state index >= 15 is 0 Å². The van der Waals surface area contributed by atoms with Crippen LogP contribution in [0.1, 0.15) is 24.2 Å². The first-order chi connectivity index (χ1) is 14.9. The molecule has 1 amide bonds. The number of rotatable bonds is 8. The van der Waals surface area contributed by atoms with Gasteiger partial charge in [-0.2, -0.15) is 0 Å². The van der Waals surface area contributed by atoms with Crippen LogP contribution in [-0.4, -0.2) is 50.3 Å². The molecule has 0 spiro atoms. The van der Waals surface area contributed by atoms with Gasteiger partial charge in [0, 0.05) is 36.9 Å². The lowest BCUT2D eigenvalue weighted by atomic mass is 10.1. The molecule has 1 saturated heterocycles. The second-order valence-corrected chi connectivity index (χ2v) is 7.07. The van der Waals surface area contributed by atoms with Crippen LogP contribution in [-0.2, 0) is 4.74 Å². The Morgan fingerprint density at radius 3 is 2.48 bits per heavy atom. The van der Waals surface area contributed by atoms with E-state index in [2.05, 4.69) is 10.2 Å². The van der Waals surface area contributed by atoms with Crippen LogP contribution in [0.15, 0.2) is 30.3 Å². The highest BCUT2D eigenvalue weighted by Gasteiger charge is 2.22. The Labute approximate surface area is 185 Å². The standard InChI is InChI=1S/C21H24ClN3O6/c1-3-30-19-13-18(24-7-9-29-10-8-24)20(31-4-2)12-16(19)23-21(26)14-5-6-15(22)17(11-14)25(27)28/h5-6,11-13H,3-4,7-10H2,1-2H3,(H,23,26). The third-order valence-electron chi connectivity index (χ3n) is 4.67. The molecular formula is C21H24ClN3O6. The average molecular weight is 450 g/mol. The van der Waals surface area contributed by atoms with E-state index in [0.29, 0.717) is 56.7 Å². The van der Waals surface area contributed by atoms with E-state index in [4.69, 9.17) is 25.8 Å². The lowest BCUT2D eigenvalue weighted by Gasteiger charge is -2.31. The maximum atomic E-state index is 12.8. The van der Waals surface area contributed by atoms with Gasteiger partial charge in [-0.1, -0.05) is 11.6 Å². The summed E-state index contributed by atoms with van der Waals surface area (Å²) in [5.41, 5.74) is 1.03. The fourth-order valence-electron chi connectivity index (χ4n) is 3.23. The van der Waals surface area contributed by atoms with Crippen LogP contribution >= 0.6 is 11.6 Å². The topological polar surface area (TPSA) is 103 Å². The Morgan fingerprint density at radius 1 is 1.16 bits per heavy atom. The number of carbonyl (C=O) groups is 1. The van der Waals surface area contributed by atoms with Gasteiger partial charge in [-0.25, -0.2) is 0 Å². The number of nitro benzene ring substituents is 1. The quantitative estimate of drug-likeness (QED) is 0.477. The summed E-state index contributed by atoms with van der Waals surface area (Å²) in [6, 6.07) is 7.44. The first kappa shape index (κ1) is 22.6. The predicted molar refractivity (Wildman–Crippen MR) is 118 cm³/mol. The molecule has 1 aliphatic heterocycles. The second-order valence-electron chi connectivity index (χ2n) is 6.66. The van der Waals surface area contributed by atoms with E-state index in [-0.39, 0.29) is 16.3 Å². The number of benzene rings is 2. The molecule has 1 heterocycles. The van der Waals surface area contributed by atoms with Crippen molar-refractivity contribution < 1.29 is 23.9 Å². The molecular weight excluding hydrogens is 426 g/mol. The van der Waals surface area contributed by atoms with Crippen molar-refractivity contribution in [2.24, 2.45) is 0 Å². The van der Waals surface area contributed by atoms with E-state index in [0.717, 1.165) is 11.8 Å². The van der Waals surface area contributed by atoms with Crippen molar-refractivity contribution in [3.05, 3.63) is 51.0 Å². The van der Waals surface area contributed by atoms with Crippen molar-refractivity contribution in [2.45, 2.75) is 13.8 Å². The smallest absolute Gasteiger partial charge is 0.288 e. The molecule has 0 atom stereocenters. The number of hydrogen-bond donors (Lipinski definition) is 1. The first-order valence-electron chi connectivity index (χ1n) is 9.96. The Bertz CT molecular complexity index is 962. The zero-order valence-corrected chi connectivity index (χ0v) is 18.1. The molecule has 1 aliphatic rings. The van der Waals surface area contributed by atoms with Crippen LogP contribution in [0.5, 0.6) is 11.5 Å². The molecule has 2 aromatic rings. The summed E-state index contributed by atoms with van der Waals surface area (Å²) in [6.45, 7) is 7.22. The summed E-state index contributed by atoms with van der Waals surface area (Å²) < 4.78 is 17.0. The summed E-state index contributed by atoms with van der Waals surface area (Å²) in [4.78, 5) is 25.5. The number of hydrogen-bond acceptors (Lipinski definition) is 7. The van der Waals surface area contributed by atoms with Crippen molar-refractivity contribution >= 4 is 34.6 Å². The highest BCUT2D eigenvalue weighted by atomic mass is 35.5. The zero-order valence-electron chi connectivity index (χ0n) is 17.4. The van der Waals surface area contributed by atoms with Gasteiger partial charge in [0.2, 0.25) is 0 Å². The average Bonchev–Trinajstić information content (AvgIpc) is 2.76. The Hall–Kier alpha value is -3.04. The van der Waals surface area contributed by atoms with Crippen LogP contribution in [0.4, 0.5) is 17.1 Å². The van der Waals surface area contributed by atoms with Crippen molar-refractivity contribution in [3.8, 4) is 11.5 Å². The Morgan fingerprint density at radius 2 is 1.84 bits per heavy atom. The molecule has 166 valence electrons. The van der Waals surface area contributed by atoms with Crippen LogP contribution in [0, 0.1) is 10.1 Å². The molecule has 9 nitrogen and oxygen atoms in total. The van der Waals surface area contributed by atoms with Gasteiger partial charge >= 0.3 is 0 Å². The predicted octanol–water partition coefficient (Wildman–Crippen LogP) is 4.13. The van der Waals surface area contributed by atoms with E-state index in [1.54, 1.807) is 6.07 Å². The number of amides is 1. The van der Waals surface area contributed by atoms with E-state index in [1.807, 2.05) is 19.9 Å². The molecule has 10 heteroatoms. The minimum atomic E-state index is -0.630. The minimum Gasteiger partial charge on any atom is -0.492 e. The van der Waals surface area contributed by atoms with Gasteiger partial charge in [-0.15, -0.1) is 0 Å². The SMILES string of the molecule is CCOc1cc(N2CCOCC2)c(OCC)cc1NC(=O)c1ccc(Cl)c([N+](=O)[O-])c1. The summed E-state index contributed by atoms with van der Waals surface area (Å²) in [6.07, 6.45) is 0. The van der Waals surface area contributed by atoms with Crippen molar-refractivity contribution in [2.75, 3.05) is 49.7 Å². The van der Waals surface area contributed by atoms with Gasteiger partial charge in [-0.3, -0.25) is 14.9 Å². The fourth-order valence-corrected chi connectivity index (χ4v) is 3.42. The first-order valence-corrected chi connectivity index (χ1v) is 10.3. The minimum absolute atomic E-state index is 0.0370. The summed E-state index contributed by atoms with van der Waals surface area (Å²) >= 11 is 5.85. The van der Waals surface area contributed by atoms with Gasteiger partial charge in [0.1, 0.15) is 16.5 Å². The number of nitrogens with zero attached hydrogens (tertiary/aromatic N) is 2. The largest absolute Gasteiger partial charge is 0.492 e. The molecule has 0 saturated carbocycles. The molecule has 0 aromatic heterocycles. The van der Waals surface area contributed by atoms with Crippen molar-refractivity contribution in [1.82, 2.24) is 0 Å². The number of nitrogens with one attached hydrogen (secondary N) is 1. The summed E-state index contributed by atoms with van der Waals surface area (Å²) in [5.74, 6) is 0.553. The summed E-state index contributed by atoms with van der Waals surface area (Å²) in [5, 5.41) is 13.9. The fraction of sp³-hybridized carbons (Fsp3) is 0.381. The highest BCUT2D eigenvalue weighted by molar-refractivity contribution is 6.32. The van der Waals surface area contributed by atoms with Crippen molar-refractivity contribution in [3.63, 3.8) is 0 Å². The number of anilines is 2. The number of ether oxygens (including phenoxy) is 3. The molecule has 0 bridgehead atoms. The molecule has 2 aromatic carbocycles. The van der Waals surface area contributed by atoms with Crippen LogP contribution in [0.25, 0.3) is 0 Å². The van der Waals surface area contributed by atoms with E-state index in [1.165, 1.54) is 12.1 Å². The van der Waals surface area contributed by atoms with Gasteiger partial charge in [0.15, 0.2) is 0 Å². The Balaban J connectivity index is 1.95. The van der Waals surface area contributed by atoms with E-state index < -0.39 is 10.8 Å². The third kappa shape index (κ3) is 5.36. The van der Waals surface area contributed by atoms with Crippen LogP contribution < -0.4 is 19.7 Å². The highest BCUT2D eigenvalue weighted by Crippen LogP contribution is 2.39. The number of nitro groups is 1. The van der Waals surface area contributed by atoms with E-state index in [9.17, 15) is 14.9 Å². The maximum Gasteiger partial charge on any atom is 0.288 e. The monoisotopic (exact) mass is 449 g/mol. The molecule has 31 heavy (non-hydrogen) atoms. The number of carbonyl (C=O) groups excluding carboxylic acids is 1. The normalized spacial score (nSPS) is 13.6. The van der Waals surface area contributed by atoms with Crippen LogP contribution in [0.3, 0.4) is 0 Å². The van der Waals surface area contributed by atoms with Gasteiger partial charge < -0.3 is 24.4 Å². The van der Waals surface area contributed by atoms with Crippen LogP contribution in [0.2, 0.25) is 5.02 Å². The third-order valence-corrected chi connectivity index (χ3v) is 4.99. The van der Waals surface area contributed by atoms with Gasteiger partial charge in [-0.05, 0) is 26.0 Å². The number of halogens is 1. The lowest BCUT2D eigenvalue weighted by molar-refractivity contribution is -0.384. The Kier molecular flexibility index (Phi) is 7.54. The van der Waals surface area contributed by atoms with Gasteiger partial charge in [0.05, 0.1) is 42.7 Å². The zero-order chi connectivity index (χ0) is 22.4. The summed E-state index contributed by atoms with van der Waals surface area (Å²) in [7, 11) is 0. The molecule has 1 fully saturated rings. The number of morpholine rings is 1.